The first kappa shape index (κ1) is 22.9. The second kappa shape index (κ2) is 9.79. The van der Waals surface area contributed by atoms with Crippen molar-refractivity contribution in [3.63, 3.8) is 0 Å². The molecule has 178 valence electrons. The SMILES string of the molecule is Cc1nc(-c2c(F)cccc2F)sc1C(=O)Nc1ccc(N2CCN(c3ccccc3)CC2)nc1. The fourth-order valence-corrected chi connectivity index (χ4v) is 5.09. The fraction of sp³-hybridized carbons (Fsp3) is 0.192. The van der Waals surface area contributed by atoms with Crippen molar-refractivity contribution in [2.24, 2.45) is 0 Å². The lowest BCUT2D eigenvalue weighted by Gasteiger charge is -2.36. The monoisotopic (exact) mass is 491 g/mol. The topological polar surface area (TPSA) is 61.4 Å². The Labute approximate surface area is 205 Å². The lowest BCUT2D eigenvalue weighted by atomic mass is 10.2. The van der Waals surface area contributed by atoms with Gasteiger partial charge in [0.2, 0.25) is 0 Å². The molecule has 1 N–H and O–H groups in total. The molecule has 6 nitrogen and oxygen atoms in total. The molecule has 0 atom stereocenters. The molecule has 35 heavy (non-hydrogen) atoms. The highest BCUT2D eigenvalue weighted by Gasteiger charge is 2.21. The number of nitrogens with zero attached hydrogens (tertiary/aromatic N) is 4. The van der Waals surface area contributed by atoms with Crippen LogP contribution in [0.4, 0.5) is 26.0 Å². The third kappa shape index (κ3) is 4.85. The van der Waals surface area contributed by atoms with Crippen molar-refractivity contribution in [1.82, 2.24) is 9.97 Å². The van der Waals surface area contributed by atoms with Gasteiger partial charge in [0.15, 0.2) is 0 Å². The lowest BCUT2D eigenvalue weighted by molar-refractivity contribution is 0.102. The number of aryl methyl sites for hydroxylation is 1. The lowest BCUT2D eigenvalue weighted by Crippen LogP contribution is -2.46. The molecule has 3 heterocycles. The molecular formula is C26H23F2N5OS. The second-order valence-corrected chi connectivity index (χ2v) is 9.20. The van der Waals surface area contributed by atoms with Gasteiger partial charge in [-0.15, -0.1) is 11.3 Å². The Morgan fingerprint density at radius 2 is 1.60 bits per heavy atom. The van der Waals surface area contributed by atoms with Crippen LogP contribution >= 0.6 is 11.3 Å². The number of amides is 1. The molecule has 0 aliphatic carbocycles. The van der Waals surface area contributed by atoms with E-state index < -0.39 is 17.5 Å². The maximum Gasteiger partial charge on any atom is 0.267 e. The summed E-state index contributed by atoms with van der Waals surface area (Å²) in [6.07, 6.45) is 1.62. The van der Waals surface area contributed by atoms with Crippen LogP contribution in [0.3, 0.4) is 0 Å². The number of pyridine rings is 1. The van der Waals surface area contributed by atoms with Gasteiger partial charge in [-0.25, -0.2) is 18.7 Å². The number of hydrogen-bond donors (Lipinski definition) is 1. The average Bonchev–Trinajstić information content (AvgIpc) is 3.26. The normalized spacial score (nSPS) is 13.7. The molecule has 4 aromatic rings. The Bertz CT molecular complexity index is 1320. The molecule has 0 bridgehead atoms. The summed E-state index contributed by atoms with van der Waals surface area (Å²) in [6.45, 7) is 5.15. The summed E-state index contributed by atoms with van der Waals surface area (Å²) in [5.74, 6) is -0.971. The van der Waals surface area contributed by atoms with Crippen LogP contribution in [0.2, 0.25) is 0 Å². The highest BCUT2D eigenvalue weighted by atomic mass is 32.1. The number of piperazine rings is 1. The zero-order valence-corrected chi connectivity index (χ0v) is 19.9. The summed E-state index contributed by atoms with van der Waals surface area (Å²) in [5.41, 5.74) is 1.94. The summed E-state index contributed by atoms with van der Waals surface area (Å²) in [7, 11) is 0. The Balaban J connectivity index is 1.23. The first-order chi connectivity index (χ1) is 17.0. The van der Waals surface area contributed by atoms with E-state index in [2.05, 4.69) is 37.2 Å². The Hall–Kier alpha value is -3.85. The van der Waals surface area contributed by atoms with Crippen molar-refractivity contribution in [2.75, 3.05) is 41.3 Å². The number of anilines is 3. The Morgan fingerprint density at radius 3 is 2.26 bits per heavy atom. The van der Waals surface area contributed by atoms with Crippen molar-refractivity contribution in [2.45, 2.75) is 6.92 Å². The number of nitrogens with one attached hydrogen (secondary N) is 1. The minimum absolute atomic E-state index is 0.131. The van der Waals surface area contributed by atoms with Crippen LogP contribution in [-0.4, -0.2) is 42.1 Å². The third-order valence-electron chi connectivity index (χ3n) is 5.91. The molecule has 1 aliphatic rings. The Morgan fingerprint density at radius 1 is 0.914 bits per heavy atom. The van der Waals surface area contributed by atoms with Gasteiger partial charge in [-0.3, -0.25) is 4.79 Å². The van der Waals surface area contributed by atoms with E-state index in [0.717, 1.165) is 43.3 Å². The number of thiazole rings is 1. The summed E-state index contributed by atoms with van der Waals surface area (Å²) in [6, 6.07) is 17.7. The summed E-state index contributed by atoms with van der Waals surface area (Å²) < 4.78 is 28.3. The van der Waals surface area contributed by atoms with Crippen LogP contribution in [0, 0.1) is 18.6 Å². The minimum Gasteiger partial charge on any atom is -0.368 e. The van der Waals surface area contributed by atoms with E-state index >= 15 is 0 Å². The van der Waals surface area contributed by atoms with Crippen molar-refractivity contribution < 1.29 is 13.6 Å². The highest BCUT2D eigenvalue weighted by Crippen LogP contribution is 2.32. The molecule has 0 spiro atoms. The van der Waals surface area contributed by atoms with Gasteiger partial charge in [-0.05, 0) is 43.3 Å². The highest BCUT2D eigenvalue weighted by molar-refractivity contribution is 7.17. The van der Waals surface area contributed by atoms with Gasteiger partial charge in [0.1, 0.15) is 27.3 Å². The molecule has 1 aliphatic heterocycles. The molecule has 9 heteroatoms. The fourth-order valence-electron chi connectivity index (χ4n) is 4.08. The quantitative estimate of drug-likeness (QED) is 0.407. The van der Waals surface area contributed by atoms with E-state index in [1.807, 2.05) is 24.3 Å². The van der Waals surface area contributed by atoms with Crippen LogP contribution in [0.1, 0.15) is 15.4 Å². The number of carbonyl (C=O) groups excluding carboxylic acids is 1. The van der Waals surface area contributed by atoms with Crippen LogP contribution in [-0.2, 0) is 0 Å². The molecule has 0 radical (unpaired) electrons. The van der Waals surface area contributed by atoms with Crippen molar-refractivity contribution >= 4 is 34.4 Å². The van der Waals surface area contributed by atoms with E-state index in [1.54, 1.807) is 19.2 Å². The van der Waals surface area contributed by atoms with E-state index in [-0.39, 0.29) is 10.6 Å². The van der Waals surface area contributed by atoms with Crippen LogP contribution in [0.25, 0.3) is 10.6 Å². The van der Waals surface area contributed by atoms with E-state index in [9.17, 15) is 13.6 Å². The number of benzene rings is 2. The molecule has 1 amide bonds. The van der Waals surface area contributed by atoms with Crippen LogP contribution < -0.4 is 15.1 Å². The van der Waals surface area contributed by atoms with E-state index in [4.69, 9.17) is 0 Å². The summed E-state index contributed by atoms with van der Waals surface area (Å²) in [4.78, 5) is 26.4. The molecule has 5 rings (SSSR count). The van der Waals surface area contributed by atoms with Crippen molar-refractivity contribution in [1.29, 1.82) is 0 Å². The summed E-state index contributed by atoms with van der Waals surface area (Å²) in [5, 5.41) is 2.94. The van der Waals surface area contributed by atoms with Gasteiger partial charge in [-0.2, -0.15) is 0 Å². The predicted molar refractivity (Wildman–Crippen MR) is 135 cm³/mol. The number of para-hydroxylation sites is 1. The van der Waals surface area contributed by atoms with Crippen molar-refractivity contribution in [3.05, 3.63) is 89.1 Å². The van der Waals surface area contributed by atoms with Gasteiger partial charge >= 0.3 is 0 Å². The number of carbonyl (C=O) groups is 1. The van der Waals surface area contributed by atoms with Gasteiger partial charge in [0, 0.05) is 31.9 Å². The molecule has 1 saturated heterocycles. The van der Waals surface area contributed by atoms with Crippen molar-refractivity contribution in [3.8, 4) is 10.6 Å². The largest absolute Gasteiger partial charge is 0.368 e. The minimum atomic E-state index is -0.713. The molecular weight excluding hydrogens is 468 g/mol. The average molecular weight is 492 g/mol. The first-order valence-corrected chi connectivity index (χ1v) is 12.1. The molecule has 0 saturated carbocycles. The third-order valence-corrected chi connectivity index (χ3v) is 7.08. The number of halogens is 2. The van der Waals surface area contributed by atoms with Crippen LogP contribution in [0.15, 0.2) is 66.9 Å². The van der Waals surface area contributed by atoms with E-state index in [0.29, 0.717) is 16.3 Å². The summed E-state index contributed by atoms with van der Waals surface area (Å²) >= 11 is 0.956. The number of hydrogen-bond acceptors (Lipinski definition) is 6. The maximum atomic E-state index is 14.1. The molecule has 2 aromatic carbocycles. The zero-order valence-electron chi connectivity index (χ0n) is 19.0. The zero-order chi connectivity index (χ0) is 24.4. The van der Waals surface area contributed by atoms with Gasteiger partial charge < -0.3 is 15.1 Å². The van der Waals surface area contributed by atoms with E-state index in [1.165, 1.54) is 23.9 Å². The number of aromatic nitrogens is 2. The molecule has 0 unspecified atom stereocenters. The maximum absolute atomic E-state index is 14.1. The van der Waals surface area contributed by atoms with Crippen LogP contribution in [0.5, 0.6) is 0 Å². The number of rotatable bonds is 5. The van der Waals surface area contributed by atoms with Gasteiger partial charge in [-0.1, -0.05) is 24.3 Å². The first-order valence-electron chi connectivity index (χ1n) is 11.2. The standard InChI is InChI=1S/C26H23F2N5OS/c1-17-24(35-26(30-17)23-20(27)8-5-9-21(23)28)25(34)31-18-10-11-22(29-16-18)33-14-12-32(13-15-33)19-6-3-2-4-7-19/h2-11,16H,12-15H2,1H3,(H,31,34). The van der Waals surface area contributed by atoms with Gasteiger partial charge in [0.05, 0.1) is 23.1 Å². The molecule has 1 fully saturated rings. The van der Waals surface area contributed by atoms with Gasteiger partial charge in [0.25, 0.3) is 5.91 Å². The molecule has 2 aromatic heterocycles. The Kier molecular flexibility index (Phi) is 6.41. The predicted octanol–water partition coefficient (Wildman–Crippen LogP) is 5.37. The second-order valence-electron chi connectivity index (χ2n) is 8.20. The smallest absolute Gasteiger partial charge is 0.267 e.